The molecule has 0 saturated carbocycles. The lowest BCUT2D eigenvalue weighted by molar-refractivity contribution is 0.104. The third kappa shape index (κ3) is 3.73. The minimum Gasteiger partial charge on any atom is -0.497 e. The van der Waals surface area contributed by atoms with Crippen molar-refractivity contribution in [1.29, 1.82) is 0 Å². The number of carbonyl (C=O) groups is 1. The summed E-state index contributed by atoms with van der Waals surface area (Å²) in [5.41, 5.74) is 1.44. The average Bonchev–Trinajstić information content (AvgIpc) is 2.53. The Kier molecular flexibility index (Phi) is 5.17. The molecule has 0 spiro atoms. The van der Waals surface area contributed by atoms with Gasteiger partial charge >= 0.3 is 0 Å². The van der Waals surface area contributed by atoms with E-state index in [1.54, 1.807) is 31.4 Å². The van der Waals surface area contributed by atoms with E-state index in [0.717, 1.165) is 10.0 Å². The average molecular weight is 347 g/mol. The molecule has 0 aliphatic heterocycles. The summed E-state index contributed by atoms with van der Waals surface area (Å²) in [6.07, 6.45) is 3.31. The van der Waals surface area contributed by atoms with E-state index < -0.39 is 0 Å². The van der Waals surface area contributed by atoms with Crippen molar-refractivity contribution in [2.75, 3.05) is 14.2 Å². The van der Waals surface area contributed by atoms with Crippen LogP contribution in [0, 0.1) is 0 Å². The van der Waals surface area contributed by atoms with Gasteiger partial charge in [0, 0.05) is 10.5 Å². The lowest BCUT2D eigenvalue weighted by Crippen LogP contribution is -1.99. The maximum Gasteiger partial charge on any atom is 0.189 e. The van der Waals surface area contributed by atoms with Crippen molar-refractivity contribution in [3.05, 3.63) is 64.1 Å². The molecule has 2 rings (SSSR count). The number of ketones is 1. The molecule has 4 heteroatoms. The molecule has 0 aliphatic rings. The van der Waals surface area contributed by atoms with Gasteiger partial charge in [0.2, 0.25) is 0 Å². The van der Waals surface area contributed by atoms with Crippen molar-refractivity contribution in [2.45, 2.75) is 0 Å². The van der Waals surface area contributed by atoms with Gasteiger partial charge < -0.3 is 9.47 Å². The van der Waals surface area contributed by atoms with Crippen LogP contribution in [0.1, 0.15) is 15.9 Å². The van der Waals surface area contributed by atoms with Gasteiger partial charge in [-0.2, -0.15) is 0 Å². The fourth-order valence-electron chi connectivity index (χ4n) is 1.87. The third-order valence-corrected chi connectivity index (χ3v) is 3.72. The van der Waals surface area contributed by atoms with Crippen LogP contribution in [0.15, 0.2) is 53.0 Å². The van der Waals surface area contributed by atoms with Gasteiger partial charge in [-0.1, -0.05) is 34.1 Å². The van der Waals surface area contributed by atoms with E-state index >= 15 is 0 Å². The summed E-state index contributed by atoms with van der Waals surface area (Å²) in [5, 5.41) is 0. The molecule has 21 heavy (non-hydrogen) atoms. The molecule has 0 aliphatic carbocycles. The second kappa shape index (κ2) is 7.09. The molecule has 0 aromatic heterocycles. The Morgan fingerprint density at radius 1 is 1.10 bits per heavy atom. The molecule has 0 heterocycles. The van der Waals surface area contributed by atoms with E-state index in [2.05, 4.69) is 15.9 Å². The number of rotatable bonds is 5. The first-order chi connectivity index (χ1) is 10.2. The van der Waals surface area contributed by atoms with E-state index in [1.165, 1.54) is 13.2 Å². The lowest BCUT2D eigenvalue weighted by atomic mass is 10.1. The Labute approximate surface area is 132 Å². The van der Waals surface area contributed by atoms with Crippen molar-refractivity contribution < 1.29 is 14.3 Å². The van der Waals surface area contributed by atoms with Crippen molar-refractivity contribution >= 4 is 27.8 Å². The SMILES string of the molecule is COc1ccc(C(=O)/C=C/c2ccccc2Br)c(OC)c1. The van der Waals surface area contributed by atoms with Crippen LogP contribution in [-0.2, 0) is 0 Å². The predicted octanol–water partition coefficient (Wildman–Crippen LogP) is 4.36. The summed E-state index contributed by atoms with van der Waals surface area (Å²) in [7, 11) is 3.10. The minimum atomic E-state index is -0.120. The fourth-order valence-corrected chi connectivity index (χ4v) is 2.28. The summed E-state index contributed by atoms with van der Waals surface area (Å²) in [6.45, 7) is 0. The molecule has 3 nitrogen and oxygen atoms in total. The van der Waals surface area contributed by atoms with Gasteiger partial charge in [-0.3, -0.25) is 4.79 Å². The van der Waals surface area contributed by atoms with Gasteiger partial charge in [0.1, 0.15) is 11.5 Å². The predicted molar refractivity (Wildman–Crippen MR) is 87.1 cm³/mol. The first-order valence-corrected chi connectivity index (χ1v) is 7.14. The standard InChI is InChI=1S/C17H15BrO3/c1-20-13-8-9-14(17(11-13)21-2)16(19)10-7-12-5-3-4-6-15(12)18/h3-11H,1-2H3/b10-7+. The highest BCUT2D eigenvalue weighted by atomic mass is 79.9. The smallest absolute Gasteiger partial charge is 0.189 e. The summed E-state index contributed by atoms with van der Waals surface area (Å²) in [5.74, 6) is 1.03. The van der Waals surface area contributed by atoms with E-state index in [1.807, 2.05) is 24.3 Å². The number of hydrogen-bond donors (Lipinski definition) is 0. The maximum atomic E-state index is 12.3. The second-order valence-corrected chi connectivity index (χ2v) is 5.14. The molecule has 2 aromatic carbocycles. The Bertz CT molecular complexity index is 677. The Hall–Kier alpha value is -2.07. The first kappa shape index (κ1) is 15.3. The quantitative estimate of drug-likeness (QED) is 0.595. The number of halogens is 1. The normalized spacial score (nSPS) is 10.6. The fraction of sp³-hybridized carbons (Fsp3) is 0.118. The maximum absolute atomic E-state index is 12.3. The third-order valence-electron chi connectivity index (χ3n) is 2.99. The van der Waals surface area contributed by atoms with Crippen LogP contribution in [-0.4, -0.2) is 20.0 Å². The number of benzene rings is 2. The largest absolute Gasteiger partial charge is 0.497 e. The van der Waals surface area contributed by atoms with Gasteiger partial charge in [0.05, 0.1) is 19.8 Å². The minimum absolute atomic E-state index is 0.120. The molecule has 0 atom stereocenters. The van der Waals surface area contributed by atoms with Gasteiger partial charge in [0.25, 0.3) is 0 Å². The molecular formula is C17H15BrO3. The van der Waals surface area contributed by atoms with Gasteiger partial charge in [-0.15, -0.1) is 0 Å². The number of allylic oxidation sites excluding steroid dienone is 1. The lowest BCUT2D eigenvalue weighted by Gasteiger charge is -2.08. The second-order valence-electron chi connectivity index (χ2n) is 4.29. The molecule has 0 N–H and O–H groups in total. The van der Waals surface area contributed by atoms with Crippen molar-refractivity contribution in [3.63, 3.8) is 0 Å². The van der Waals surface area contributed by atoms with Crippen LogP contribution in [0.4, 0.5) is 0 Å². The highest BCUT2D eigenvalue weighted by Gasteiger charge is 2.10. The molecule has 0 fully saturated rings. The van der Waals surface area contributed by atoms with Crippen molar-refractivity contribution in [2.24, 2.45) is 0 Å². The van der Waals surface area contributed by atoms with Crippen LogP contribution in [0.5, 0.6) is 11.5 Å². The Morgan fingerprint density at radius 3 is 2.52 bits per heavy atom. The zero-order chi connectivity index (χ0) is 15.2. The molecule has 0 unspecified atom stereocenters. The highest BCUT2D eigenvalue weighted by molar-refractivity contribution is 9.10. The Morgan fingerprint density at radius 2 is 1.86 bits per heavy atom. The van der Waals surface area contributed by atoms with Gasteiger partial charge in [0.15, 0.2) is 5.78 Å². The topological polar surface area (TPSA) is 35.5 Å². The van der Waals surface area contributed by atoms with Crippen LogP contribution >= 0.6 is 15.9 Å². The van der Waals surface area contributed by atoms with Crippen molar-refractivity contribution in [1.82, 2.24) is 0 Å². The number of methoxy groups -OCH3 is 2. The number of carbonyl (C=O) groups excluding carboxylic acids is 1. The molecule has 108 valence electrons. The summed E-state index contributed by atoms with van der Waals surface area (Å²) < 4.78 is 11.3. The van der Waals surface area contributed by atoms with Gasteiger partial charge in [-0.25, -0.2) is 0 Å². The molecule has 0 bridgehead atoms. The van der Waals surface area contributed by atoms with E-state index in [-0.39, 0.29) is 5.78 Å². The molecular weight excluding hydrogens is 332 g/mol. The molecule has 2 aromatic rings. The van der Waals surface area contributed by atoms with Crippen molar-refractivity contribution in [3.8, 4) is 11.5 Å². The van der Waals surface area contributed by atoms with Crippen LogP contribution in [0.25, 0.3) is 6.08 Å². The Balaban J connectivity index is 2.26. The first-order valence-electron chi connectivity index (χ1n) is 6.34. The number of ether oxygens (including phenoxy) is 2. The molecule has 0 saturated heterocycles. The highest BCUT2D eigenvalue weighted by Crippen LogP contribution is 2.25. The zero-order valence-corrected chi connectivity index (χ0v) is 13.4. The van der Waals surface area contributed by atoms with Crippen LogP contribution in [0.3, 0.4) is 0 Å². The summed E-state index contributed by atoms with van der Waals surface area (Å²) >= 11 is 3.45. The van der Waals surface area contributed by atoms with E-state index in [0.29, 0.717) is 17.1 Å². The van der Waals surface area contributed by atoms with Crippen LogP contribution in [0.2, 0.25) is 0 Å². The van der Waals surface area contributed by atoms with E-state index in [4.69, 9.17) is 9.47 Å². The van der Waals surface area contributed by atoms with E-state index in [9.17, 15) is 4.79 Å². The monoisotopic (exact) mass is 346 g/mol. The van der Waals surface area contributed by atoms with Gasteiger partial charge in [-0.05, 0) is 35.9 Å². The summed E-state index contributed by atoms with van der Waals surface area (Å²) in [4.78, 5) is 12.3. The number of hydrogen-bond acceptors (Lipinski definition) is 3. The zero-order valence-electron chi connectivity index (χ0n) is 11.8. The summed E-state index contributed by atoms with van der Waals surface area (Å²) in [6, 6.07) is 12.8. The molecule has 0 radical (unpaired) electrons. The molecule has 0 amide bonds. The van der Waals surface area contributed by atoms with Crippen LogP contribution < -0.4 is 9.47 Å².